The van der Waals surface area contributed by atoms with Gasteiger partial charge in [0.2, 0.25) is 0 Å². The van der Waals surface area contributed by atoms with Crippen molar-refractivity contribution >= 4 is 26.8 Å². The molecule has 1 aliphatic carbocycles. The molecule has 0 amide bonds. The molecule has 4 aromatic rings. The molecular weight excluding hydrogens is 472 g/mol. The number of hydrogen-bond acceptors (Lipinski definition) is 2. The summed E-state index contributed by atoms with van der Waals surface area (Å²) in [5.74, 6) is 1.52. The van der Waals surface area contributed by atoms with Crippen molar-refractivity contribution in [3.8, 4) is 5.75 Å². The first-order valence-corrected chi connectivity index (χ1v) is 12.6. The number of nitrogens with zero attached hydrogens (tertiary/aromatic N) is 1. The molecule has 1 fully saturated rings. The average molecular weight is 501 g/mol. The highest BCUT2D eigenvalue weighted by Gasteiger charge is 2.48. The van der Waals surface area contributed by atoms with Gasteiger partial charge in [-0.25, -0.2) is 0 Å². The van der Waals surface area contributed by atoms with Gasteiger partial charge in [-0.05, 0) is 82.5 Å². The Labute approximate surface area is 203 Å². The van der Waals surface area contributed by atoms with Crippen LogP contribution in [0.2, 0.25) is 0 Å². The first kappa shape index (κ1) is 21.0. The number of rotatable bonds is 4. The number of hydrogen-bond donors (Lipinski definition) is 1. The van der Waals surface area contributed by atoms with Crippen molar-refractivity contribution in [2.45, 2.75) is 31.2 Å². The molecule has 0 spiro atoms. The SMILES string of the molecule is COc1cccc(C23CCN(Cc4ccccc4)CC2Cc2c([nH]c4c(Br)cccc24)C3)c1. The lowest BCUT2D eigenvalue weighted by atomic mass is 9.58. The minimum absolute atomic E-state index is 0.127. The molecule has 2 unspecified atom stereocenters. The van der Waals surface area contributed by atoms with Crippen LogP contribution in [0.3, 0.4) is 0 Å². The van der Waals surface area contributed by atoms with Crippen LogP contribution in [-0.4, -0.2) is 30.1 Å². The summed E-state index contributed by atoms with van der Waals surface area (Å²) in [4.78, 5) is 6.46. The van der Waals surface area contributed by atoms with Crippen LogP contribution >= 0.6 is 15.9 Å². The lowest BCUT2D eigenvalue weighted by Crippen LogP contribution is -2.53. The van der Waals surface area contributed by atoms with E-state index in [1.165, 1.54) is 33.3 Å². The minimum Gasteiger partial charge on any atom is -0.497 e. The van der Waals surface area contributed by atoms with E-state index < -0.39 is 0 Å². The number of aromatic nitrogens is 1. The normalized spacial score (nSPS) is 22.7. The van der Waals surface area contributed by atoms with Crippen molar-refractivity contribution in [3.63, 3.8) is 0 Å². The third-order valence-corrected chi connectivity index (χ3v) is 8.61. The van der Waals surface area contributed by atoms with Crippen molar-refractivity contribution in [1.29, 1.82) is 0 Å². The zero-order valence-electron chi connectivity index (χ0n) is 19.0. The number of nitrogens with one attached hydrogen (secondary N) is 1. The van der Waals surface area contributed by atoms with Crippen LogP contribution in [0.1, 0.15) is 28.8 Å². The van der Waals surface area contributed by atoms with Crippen LogP contribution in [0, 0.1) is 5.92 Å². The second kappa shape index (κ2) is 8.34. The second-order valence-electron chi connectivity index (χ2n) is 9.68. The second-order valence-corrected chi connectivity index (χ2v) is 10.5. The van der Waals surface area contributed by atoms with Gasteiger partial charge in [0.15, 0.2) is 0 Å². The Bertz CT molecular complexity index is 1300. The summed E-state index contributed by atoms with van der Waals surface area (Å²) < 4.78 is 6.78. The molecule has 2 atom stereocenters. The van der Waals surface area contributed by atoms with Crippen LogP contribution in [-0.2, 0) is 24.8 Å². The number of aromatic amines is 1. The van der Waals surface area contributed by atoms with E-state index in [0.717, 1.165) is 49.1 Å². The van der Waals surface area contributed by atoms with Crippen molar-refractivity contribution in [2.75, 3.05) is 20.2 Å². The largest absolute Gasteiger partial charge is 0.497 e. The van der Waals surface area contributed by atoms with E-state index in [-0.39, 0.29) is 5.41 Å². The van der Waals surface area contributed by atoms with Gasteiger partial charge >= 0.3 is 0 Å². The minimum atomic E-state index is 0.127. The molecule has 1 N–H and O–H groups in total. The molecule has 3 aromatic carbocycles. The number of likely N-dealkylation sites (tertiary alicyclic amines) is 1. The van der Waals surface area contributed by atoms with Crippen LogP contribution < -0.4 is 4.74 Å². The molecule has 33 heavy (non-hydrogen) atoms. The van der Waals surface area contributed by atoms with Gasteiger partial charge < -0.3 is 9.72 Å². The standard InChI is InChI=1S/C29H29BrN2O/c1-33-23-10-5-9-21(15-23)29-13-14-32(18-20-7-3-2-4-8-20)19-22(29)16-25-24-11-6-12-26(30)28(24)31-27(25)17-29/h2-12,15,22,31H,13-14,16-19H2,1H3. The van der Waals surface area contributed by atoms with Crippen LogP contribution in [0.25, 0.3) is 10.9 Å². The van der Waals surface area contributed by atoms with Crippen molar-refractivity contribution in [1.82, 2.24) is 9.88 Å². The fourth-order valence-electron chi connectivity index (χ4n) is 6.27. The fourth-order valence-corrected chi connectivity index (χ4v) is 6.73. The Morgan fingerprint density at radius 1 is 1.06 bits per heavy atom. The van der Waals surface area contributed by atoms with Gasteiger partial charge in [-0.1, -0.05) is 54.6 Å². The van der Waals surface area contributed by atoms with Crippen LogP contribution in [0.4, 0.5) is 0 Å². The highest BCUT2D eigenvalue weighted by molar-refractivity contribution is 9.10. The highest BCUT2D eigenvalue weighted by Crippen LogP contribution is 2.50. The lowest BCUT2D eigenvalue weighted by Gasteiger charge is -2.51. The maximum Gasteiger partial charge on any atom is 0.119 e. The Morgan fingerprint density at radius 3 is 2.76 bits per heavy atom. The summed E-state index contributed by atoms with van der Waals surface area (Å²) in [6, 6.07) is 26.3. The number of ether oxygens (including phenoxy) is 1. The van der Waals surface area contributed by atoms with E-state index in [1.807, 2.05) is 0 Å². The maximum absolute atomic E-state index is 5.63. The number of benzene rings is 3. The smallest absolute Gasteiger partial charge is 0.119 e. The van der Waals surface area contributed by atoms with Crippen LogP contribution in [0.15, 0.2) is 77.3 Å². The number of fused-ring (bicyclic) bond motifs is 4. The van der Waals surface area contributed by atoms with Gasteiger partial charge in [-0.15, -0.1) is 0 Å². The molecule has 0 saturated carbocycles. The molecule has 0 radical (unpaired) electrons. The summed E-state index contributed by atoms with van der Waals surface area (Å²) in [7, 11) is 1.77. The van der Waals surface area contributed by atoms with Crippen molar-refractivity contribution in [3.05, 3.63) is 99.7 Å². The molecule has 2 aliphatic rings. The molecule has 0 bridgehead atoms. The molecule has 2 heterocycles. The monoisotopic (exact) mass is 500 g/mol. The molecule has 1 aromatic heterocycles. The summed E-state index contributed by atoms with van der Waals surface area (Å²) in [5, 5.41) is 1.37. The number of piperidine rings is 1. The Kier molecular flexibility index (Phi) is 5.31. The van der Waals surface area contributed by atoms with E-state index in [0.29, 0.717) is 5.92 Å². The van der Waals surface area contributed by atoms with Gasteiger partial charge in [-0.3, -0.25) is 4.90 Å². The highest BCUT2D eigenvalue weighted by atomic mass is 79.9. The van der Waals surface area contributed by atoms with Gasteiger partial charge in [-0.2, -0.15) is 0 Å². The van der Waals surface area contributed by atoms with E-state index in [4.69, 9.17) is 4.74 Å². The van der Waals surface area contributed by atoms with Gasteiger partial charge in [0, 0.05) is 34.1 Å². The van der Waals surface area contributed by atoms with Crippen molar-refractivity contribution < 1.29 is 4.74 Å². The molecule has 3 nitrogen and oxygen atoms in total. The summed E-state index contributed by atoms with van der Waals surface area (Å²) >= 11 is 3.77. The van der Waals surface area contributed by atoms with Gasteiger partial charge in [0.1, 0.15) is 5.75 Å². The first-order valence-electron chi connectivity index (χ1n) is 11.8. The van der Waals surface area contributed by atoms with Gasteiger partial charge in [0.25, 0.3) is 0 Å². The van der Waals surface area contributed by atoms with Crippen LogP contribution in [0.5, 0.6) is 5.75 Å². The quantitative estimate of drug-likeness (QED) is 0.346. The predicted molar refractivity (Wildman–Crippen MR) is 138 cm³/mol. The zero-order chi connectivity index (χ0) is 22.4. The average Bonchev–Trinajstić information content (AvgIpc) is 3.22. The Morgan fingerprint density at radius 2 is 1.91 bits per heavy atom. The Balaban J connectivity index is 1.42. The molecule has 1 saturated heterocycles. The summed E-state index contributed by atoms with van der Waals surface area (Å²) in [5.41, 5.74) is 7.11. The predicted octanol–water partition coefficient (Wildman–Crippen LogP) is 6.50. The summed E-state index contributed by atoms with van der Waals surface area (Å²) in [6.45, 7) is 3.26. The van der Waals surface area contributed by atoms with E-state index in [9.17, 15) is 0 Å². The molecule has 6 rings (SSSR count). The summed E-state index contributed by atoms with van der Waals surface area (Å²) in [6.07, 6.45) is 3.32. The molecule has 1 aliphatic heterocycles. The van der Waals surface area contributed by atoms with Crippen molar-refractivity contribution in [2.24, 2.45) is 5.92 Å². The first-order chi connectivity index (χ1) is 16.2. The number of halogens is 1. The van der Waals surface area contributed by atoms with E-state index in [1.54, 1.807) is 7.11 Å². The Hall–Kier alpha value is -2.56. The molecule has 4 heteroatoms. The topological polar surface area (TPSA) is 28.3 Å². The maximum atomic E-state index is 5.63. The fraction of sp³-hybridized carbons (Fsp3) is 0.310. The molecular formula is C29H29BrN2O. The lowest BCUT2D eigenvalue weighted by molar-refractivity contribution is 0.0765. The van der Waals surface area contributed by atoms with Gasteiger partial charge in [0.05, 0.1) is 12.6 Å². The van der Waals surface area contributed by atoms with E-state index in [2.05, 4.69) is 98.6 Å². The number of para-hydroxylation sites is 1. The zero-order valence-corrected chi connectivity index (χ0v) is 20.6. The van der Waals surface area contributed by atoms with E-state index >= 15 is 0 Å². The number of H-pyrrole nitrogens is 1. The number of methoxy groups -OCH3 is 1. The third-order valence-electron chi connectivity index (χ3n) is 7.95. The molecule has 168 valence electrons. The third kappa shape index (κ3) is 3.60.